The largest absolute Gasteiger partial charge is 0.481 e. The molecule has 1 unspecified atom stereocenters. The van der Waals surface area contributed by atoms with Gasteiger partial charge < -0.3 is 15.3 Å². The van der Waals surface area contributed by atoms with Gasteiger partial charge in [0, 0.05) is 18.5 Å². The SMILES string of the molecule is CCCCCC[C@H](C(=O)O)C(=O)N1CC(C(=O)NC)Sc2ccccc21. The molecule has 6 nitrogen and oxygen atoms in total. The van der Waals surface area contributed by atoms with E-state index < -0.39 is 23.0 Å². The van der Waals surface area contributed by atoms with Crippen molar-refractivity contribution in [1.82, 2.24) is 5.32 Å². The van der Waals surface area contributed by atoms with Crippen molar-refractivity contribution in [2.75, 3.05) is 18.5 Å². The zero-order valence-electron chi connectivity index (χ0n) is 15.2. The molecule has 0 radical (unpaired) electrons. The molecule has 1 aliphatic heterocycles. The van der Waals surface area contributed by atoms with Gasteiger partial charge in [0.15, 0.2) is 0 Å². The van der Waals surface area contributed by atoms with Crippen LogP contribution in [0.4, 0.5) is 5.69 Å². The quantitative estimate of drug-likeness (QED) is 0.536. The van der Waals surface area contributed by atoms with Gasteiger partial charge in [-0.2, -0.15) is 0 Å². The Bertz CT molecular complexity index is 665. The lowest BCUT2D eigenvalue weighted by Gasteiger charge is -2.34. The third-order valence-electron chi connectivity index (χ3n) is 4.52. The molecule has 2 amide bonds. The van der Waals surface area contributed by atoms with Crippen molar-refractivity contribution in [1.29, 1.82) is 0 Å². The second-order valence-corrected chi connectivity index (χ2v) is 7.62. The number of amides is 2. The molecule has 0 bridgehead atoms. The minimum absolute atomic E-state index is 0.169. The van der Waals surface area contributed by atoms with Gasteiger partial charge in [-0.3, -0.25) is 14.4 Å². The molecule has 2 atom stereocenters. The summed E-state index contributed by atoms with van der Waals surface area (Å²) in [6, 6.07) is 7.32. The number of benzene rings is 1. The van der Waals surface area contributed by atoms with Crippen LogP contribution in [-0.4, -0.2) is 41.7 Å². The number of para-hydroxylation sites is 1. The maximum atomic E-state index is 13.0. The lowest BCUT2D eigenvalue weighted by molar-refractivity contribution is -0.146. The summed E-state index contributed by atoms with van der Waals surface area (Å²) in [4.78, 5) is 39.1. The fourth-order valence-electron chi connectivity index (χ4n) is 3.06. The molecule has 0 saturated heterocycles. The van der Waals surface area contributed by atoms with Gasteiger partial charge in [-0.15, -0.1) is 11.8 Å². The molecule has 1 aliphatic rings. The Kier molecular flexibility index (Phi) is 7.50. The molecule has 7 heteroatoms. The summed E-state index contributed by atoms with van der Waals surface area (Å²) < 4.78 is 0. The van der Waals surface area contributed by atoms with Gasteiger partial charge in [0.05, 0.1) is 5.69 Å². The predicted molar refractivity (Wildman–Crippen MR) is 102 cm³/mol. The monoisotopic (exact) mass is 378 g/mol. The lowest BCUT2D eigenvalue weighted by Crippen LogP contribution is -2.48. The average Bonchev–Trinajstić information content (AvgIpc) is 2.65. The van der Waals surface area contributed by atoms with Crippen LogP contribution in [0.3, 0.4) is 0 Å². The highest BCUT2D eigenvalue weighted by molar-refractivity contribution is 8.00. The molecule has 1 heterocycles. The molecule has 26 heavy (non-hydrogen) atoms. The number of nitrogens with zero attached hydrogens (tertiary/aromatic N) is 1. The zero-order valence-corrected chi connectivity index (χ0v) is 16.1. The van der Waals surface area contributed by atoms with Gasteiger partial charge in [-0.25, -0.2) is 0 Å². The summed E-state index contributed by atoms with van der Waals surface area (Å²) in [7, 11) is 1.56. The molecule has 0 fully saturated rings. The maximum Gasteiger partial charge on any atom is 0.316 e. The minimum Gasteiger partial charge on any atom is -0.481 e. The topological polar surface area (TPSA) is 86.7 Å². The van der Waals surface area contributed by atoms with Crippen LogP contribution in [0.5, 0.6) is 0 Å². The Labute approximate surface area is 158 Å². The van der Waals surface area contributed by atoms with Crippen molar-refractivity contribution in [3.8, 4) is 0 Å². The van der Waals surface area contributed by atoms with E-state index in [1.54, 1.807) is 13.1 Å². The molecule has 0 spiro atoms. The minimum atomic E-state index is -1.10. The van der Waals surface area contributed by atoms with Crippen LogP contribution in [0.2, 0.25) is 0 Å². The number of carboxylic acid groups (broad SMARTS) is 1. The van der Waals surface area contributed by atoms with Crippen LogP contribution in [0.25, 0.3) is 0 Å². The van der Waals surface area contributed by atoms with E-state index in [0.29, 0.717) is 18.5 Å². The van der Waals surface area contributed by atoms with E-state index in [4.69, 9.17) is 0 Å². The molecule has 2 rings (SSSR count). The lowest BCUT2D eigenvalue weighted by atomic mass is 9.98. The van der Waals surface area contributed by atoms with E-state index in [0.717, 1.165) is 24.2 Å². The first-order chi connectivity index (χ1) is 12.5. The first-order valence-electron chi connectivity index (χ1n) is 9.01. The molecular formula is C19H26N2O4S. The van der Waals surface area contributed by atoms with E-state index in [2.05, 4.69) is 12.2 Å². The van der Waals surface area contributed by atoms with E-state index in [1.807, 2.05) is 18.2 Å². The van der Waals surface area contributed by atoms with Crippen LogP contribution in [0.1, 0.15) is 39.0 Å². The number of rotatable bonds is 8. The Morgan fingerprint density at radius 1 is 1.27 bits per heavy atom. The second kappa shape index (κ2) is 9.62. The molecular weight excluding hydrogens is 352 g/mol. The number of hydrogen-bond donors (Lipinski definition) is 2. The van der Waals surface area contributed by atoms with E-state index in [9.17, 15) is 19.5 Å². The molecule has 1 aromatic carbocycles. The highest BCUT2D eigenvalue weighted by Gasteiger charge is 2.37. The highest BCUT2D eigenvalue weighted by atomic mass is 32.2. The normalized spacial score (nSPS) is 17.3. The van der Waals surface area contributed by atoms with Crippen LogP contribution < -0.4 is 10.2 Å². The van der Waals surface area contributed by atoms with Gasteiger partial charge >= 0.3 is 5.97 Å². The van der Waals surface area contributed by atoms with Crippen LogP contribution in [-0.2, 0) is 14.4 Å². The Hall–Kier alpha value is -2.02. The summed E-state index contributed by atoms with van der Waals surface area (Å²) in [6.07, 6.45) is 4.03. The van der Waals surface area contributed by atoms with Crippen LogP contribution in [0, 0.1) is 5.92 Å². The maximum absolute atomic E-state index is 13.0. The van der Waals surface area contributed by atoms with Crippen molar-refractivity contribution >= 4 is 35.2 Å². The summed E-state index contributed by atoms with van der Waals surface area (Å²) in [5.74, 6) is -2.78. The molecule has 0 aromatic heterocycles. The van der Waals surface area contributed by atoms with Crippen molar-refractivity contribution in [2.45, 2.75) is 49.2 Å². The molecule has 1 aromatic rings. The van der Waals surface area contributed by atoms with Crippen LogP contribution in [0.15, 0.2) is 29.2 Å². The smallest absolute Gasteiger partial charge is 0.316 e. The number of carbonyl (C=O) groups is 3. The Balaban J connectivity index is 2.23. The highest BCUT2D eigenvalue weighted by Crippen LogP contribution is 2.39. The number of nitrogens with one attached hydrogen (secondary N) is 1. The van der Waals surface area contributed by atoms with Gasteiger partial charge in [-0.05, 0) is 18.6 Å². The Morgan fingerprint density at radius 2 is 2.00 bits per heavy atom. The zero-order chi connectivity index (χ0) is 19.1. The van der Waals surface area contributed by atoms with Crippen molar-refractivity contribution < 1.29 is 19.5 Å². The first kappa shape index (κ1) is 20.3. The third kappa shape index (κ3) is 4.78. The fourth-order valence-corrected chi connectivity index (χ4v) is 4.27. The van der Waals surface area contributed by atoms with Gasteiger partial charge in [0.2, 0.25) is 11.8 Å². The van der Waals surface area contributed by atoms with Gasteiger partial charge in [0.25, 0.3) is 0 Å². The van der Waals surface area contributed by atoms with Crippen LogP contribution >= 0.6 is 11.8 Å². The van der Waals surface area contributed by atoms with E-state index >= 15 is 0 Å². The number of carbonyl (C=O) groups excluding carboxylic acids is 2. The van der Waals surface area contributed by atoms with E-state index in [-0.39, 0.29) is 12.5 Å². The van der Waals surface area contributed by atoms with E-state index in [1.165, 1.54) is 16.7 Å². The average molecular weight is 378 g/mol. The molecule has 142 valence electrons. The van der Waals surface area contributed by atoms with Crippen molar-refractivity contribution in [3.63, 3.8) is 0 Å². The second-order valence-electron chi connectivity index (χ2n) is 6.38. The number of fused-ring (bicyclic) bond motifs is 1. The number of aliphatic carboxylic acids is 1. The molecule has 0 saturated carbocycles. The predicted octanol–water partition coefficient (Wildman–Crippen LogP) is 2.91. The summed E-state index contributed by atoms with van der Waals surface area (Å²) in [5, 5.41) is 11.7. The summed E-state index contributed by atoms with van der Waals surface area (Å²) >= 11 is 1.40. The number of unbranched alkanes of at least 4 members (excludes halogenated alkanes) is 3. The third-order valence-corrected chi connectivity index (χ3v) is 5.77. The van der Waals surface area contributed by atoms with Crippen molar-refractivity contribution in [2.24, 2.45) is 5.92 Å². The number of anilines is 1. The number of carboxylic acids is 1. The first-order valence-corrected chi connectivity index (χ1v) is 9.89. The standard InChI is InChI=1S/C19H26N2O4S/c1-3-4-5-6-9-13(19(24)25)18(23)21-12-16(17(22)20-2)26-15-11-8-7-10-14(15)21/h7-8,10-11,13,16H,3-6,9,12H2,1-2H3,(H,20,22)(H,24,25)/t13-,16?/m0/s1. The van der Waals surface area contributed by atoms with Gasteiger partial charge in [0.1, 0.15) is 11.2 Å². The fraction of sp³-hybridized carbons (Fsp3) is 0.526. The summed E-state index contributed by atoms with van der Waals surface area (Å²) in [6.45, 7) is 2.26. The molecule has 0 aliphatic carbocycles. The number of thioether (sulfide) groups is 1. The molecule has 2 N–H and O–H groups in total. The Morgan fingerprint density at radius 3 is 2.65 bits per heavy atom. The van der Waals surface area contributed by atoms with Gasteiger partial charge in [-0.1, -0.05) is 44.7 Å². The number of hydrogen-bond acceptors (Lipinski definition) is 4. The van der Waals surface area contributed by atoms with Crippen molar-refractivity contribution in [3.05, 3.63) is 24.3 Å². The summed E-state index contributed by atoms with van der Waals surface area (Å²) in [5.41, 5.74) is 0.683.